The van der Waals surface area contributed by atoms with Gasteiger partial charge in [-0.25, -0.2) is 0 Å². The van der Waals surface area contributed by atoms with E-state index < -0.39 is 0 Å². The first-order valence-electron chi connectivity index (χ1n) is 52.4. The van der Waals surface area contributed by atoms with Crippen LogP contribution in [0.4, 0.5) is 0 Å². The number of nitrogens with zero attached hydrogens (tertiary/aromatic N) is 6. The number of hydrogen-bond donors (Lipinski definition) is 2. The molecule has 0 atom stereocenters. The Hall–Kier alpha value is -2.86. The number of ether oxygens (including phenoxy) is 8. The molecular formula is C116H187KN8O16U2+2. The van der Waals surface area contributed by atoms with Gasteiger partial charge in [0, 0.05) is 144 Å². The molecule has 0 radical (unpaired) electrons. The van der Waals surface area contributed by atoms with Crippen molar-refractivity contribution in [3.63, 3.8) is 0 Å². The molecule has 2 bridgehead atoms. The summed E-state index contributed by atoms with van der Waals surface area (Å²) in [6, 6.07) is 24.8. The van der Waals surface area contributed by atoms with E-state index in [1.807, 2.05) is 0 Å². The fourth-order valence-corrected chi connectivity index (χ4v) is 19.3. The Labute approximate surface area is 955 Å². The molecule has 3 N–H and O–H groups in total. The van der Waals surface area contributed by atoms with Gasteiger partial charge in [0.05, 0.1) is 79.3 Å². The summed E-state index contributed by atoms with van der Waals surface area (Å²) in [5, 5.41) is 82.7. The van der Waals surface area contributed by atoms with Crippen molar-refractivity contribution in [2.75, 3.05) is 224 Å². The number of quaternary nitrogens is 2. The quantitative estimate of drug-likeness (QED) is 0.0756. The molecule has 7 aliphatic rings. The average molecular weight is 2460 g/mol. The van der Waals surface area contributed by atoms with E-state index >= 15 is 0 Å². The van der Waals surface area contributed by atoms with Gasteiger partial charge in [0.25, 0.3) is 0 Å². The van der Waals surface area contributed by atoms with Crippen LogP contribution in [0.2, 0.25) is 0 Å². The summed E-state index contributed by atoms with van der Waals surface area (Å²) in [5.74, 6) is 0.963. The predicted octanol–water partition coefficient (Wildman–Crippen LogP) is 10.0. The minimum atomic E-state index is 0. The number of rotatable bonds is 18. The molecule has 0 aromatic heterocycles. The third kappa shape index (κ3) is 54.0. The summed E-state index contributed by atoms with van der Waals surface area (Å²) in [5.41, 5.74) is 17.4. The van der Waals surface area contributed by atoms with E-state index in [9.17, 15) is 30.6 Å². The molecule has 0 amide bonds. The second kappa shape index (κ2) is 67.0. The summed E-state index contributed by atoms with van der Waals surface area (Å²) in [6.45, 7) is 82.8. The Balaban J connectivity index is 0.000000535. The molecule has 6 aromatic carbocycles. The SMILES string of the molecule is C1CCOC1.C1CCOC1.C1COCC[NH+]2CCOCCOCC[NH+](CCO1)CCOCCOCC2.Cc1cc(CN2CCN(Cc3cc(C)cc(CC(C)(C)C)c3[O-])CCN(Cc3cc(C)cc(CC(C)(C)C)c3[O-])CC2)c([O-])c(CC(C)(C)C)c1.Cc1cc(CN2CCN(Cc3cc(C)cc(CC(C)(C)C)c3[O-])CCN(Cc3cc(C)cc(CC(C)(C)C)c3[O-])CC2)c([O-])c(CC(C)(C)C)c1.[K+].[O-2].[OH-].[U+4].[U+4]. The fourth-order valence-electron chi connectivity index (χ4n) is 19.3. The van der Waals surface area contributed by atoms with Crippen molar-refractivity contribution in [3.05, 3.63) is 173 Å². The largest absolute Gasteiger partial charge is 4.00 e. The van der Waals surface area contributed by atoms with Gasteiger partial charge in [-0.1, -0.05) is 264 Å². The van der Waals surface area contributed by atoms with E-state index in [1.165, 1.54) is 35.5 Å². The smallest absolute Gasteiger partial charge is 2.00 e. The van der Waals surface area contributed by atoms with Crippen LogP contribution < -0.4 is 91.8 Å². The first-order valence-corrected chi connectivity index (χ1v) is 52.4. The monoisotopic (exact) mass is 2460 g/mol. The molecule has 0 aliphatic carbocycles. The molecule has 794 valence electrons. The molecule has 143 heavy (non-hydrogen) atoms. The van der Waals surface area contributed by atoms with Crippen molar-refractivity contribution in [2.45, 2.75) is 270 Å². The van der Waals surface area contributed by atoms with Crippen molar-refractivity contribution in [1.29, 1.82) is 0 Å². The van der Waals surface area contributed by atoms with Crippen LogP contribution in [0.3, 0.4) is 0 Å². The zero-order valence-corrected chi connectivity index (χ0v) is 105. The maximum Gasteiger partial charge on any atom is 4.00 e. The first kappa shape index (κ1) is 134. The first-order chi connectivity index (χ1) is 65.0. The molecule has 0 saturated carbocycles. The van der Waals surface area contributed by atoms with Crippen LogP contribution in [0.15, 0.2) is 72.8 Å². The van der Waals surface area contributed by atoms with Gasteiger partial charge in [-0.2, -0.15) is 0 Å². The van der Waals surface area contributed by atoms with Crippen molar-refractivity contribution in [3.8, 4) is 34.5 Å². The maximum atomic E-state index is 13.8. The third-order valence-corrected chi connectivity index (χ3v) is 25.8. The van der Waals surface area contributed by atoms with Gasteiger partial charge in [-0.3, -0.25) is 29.4 Å². The molecule has 7 heterocycles. The number of nitrogens with one attached hydrogen (secondary N) is 2. The van der Waals surface area contributed by atoms with E-state index in [1.54, 1.807) is 0 Å². The number of fused-ring (bicyclic) bond motifs is 21. The van der Waals surface area contributed by atoms with Crippen molar-refractivity contribution >= 4 is 0 Å². The zero-order valence-electron chi connectivity index (χ0n) is 93.5. The molecule has 27 heteroatoms. The summed E-state index contributed by atoms with van der Waals surface area (Å²) in [6.07, 6.45) is 9.60. The second-order valence-electron chi connectivity index (χ2n) is 47.9. The Morgan fingerprint density at radius 3 is 0.448 bits per heavy atom. The normalized spacial score (nSPS) is 18.8. The number of aryl methyl sites for hydroxylation is 6. The van der Waals surface area contributed by atoms with Crippen LogP contribution >= 0.6 is 0 Å². The summed E-state index contributed by atoms with van der Waals surface area (Å²) < 4.78 is 44.3. The van der Waals surface area contributed by atoms with Gasteiger partial charge in [0.2, 0.25) is 0 Å². The van der Waals surface area contributed by atoms with E-state index in [-0.39, 0.29) is 192 Å². The zero-order chi connectivity index (χ0) is 101. The molecule has 7 aliphatic heterocycles. The van der Waals surface area contributed by atoms with Crippen LogP contribution in [-0.2, 0) is 121 Å². The molecular weight excluding hydrogens is 2280 g/mol. The molecule has 13 rings (SSSR count). The maximum absolute atomic E-state index is 13.8. The summed E-state index contributed by atoms with van der Waals surface area (Å²) in [4.78, 5) is 17.3. The molecule has 0 unspecified atom stereocenters. The van der Waals surface area contributed by atoms with Crippen molar-refractivity contribution < 1.29 is 203 Å². The third-order valence-electron chi connectivity index (χ3n) is 25.8. The van der Waals surface area contributed by atoms with Crippen LogP contribution in [0.1, 0.15) is 250 Å². The molecule has 24 nitrogen and oxygen atoms in total. The molecule has 7 fully saturated rings. The predicted molar refractivity (Wildman–Crippen MR) is 553 cm³/mol. The Morgan fingerprint density at radius 1 is 0.217 bits per heavy atom. The number of hydrogen-bond acceptors (Lipinski definition) is 21. The van der Waals surface area contributed by atoms with Crippen LogP contribution in [0.25, 0.3) is 0 Å². The fraction of sp³-hybridized carbons (Fsp3) is 0.690. The van der Waals surface area contributed by atoms with Gasteiger partial charge in [-0.05, 0) is 172 Å². The standard InChI is InChI=1S/2C45H69N3O3.C18H36N2O6.2C4H8O.K.H2O.O.2U/c2*1-31-19-34(25-43(4,5)6)40(49)37(22-31)28-46-13-15-47(29-38-23-32(2)20-35(41(38)50)26-44(7,8)9)17-18-48(16-14-46)30-39-24-33(3)21-36(42(39)51)27-45(10,11)12;1-7-21-13-14-24-10-4-20-5-11-25-17-15-22-8-2-19(1)3-9-23-16-18-26-12-6-20;2*1-2-4-5-3-1;;;;;/h2*19-24,49-51H,13-18,25-30H2,1-12H3;1-18H2;2*1-4H2;;1H2;;;/q;;;;;+1;;-2;2*+4/p-5. The molecule has 6 aromatic rings. The van der Waals surface area contributed by atoms with Gasteiger partial charge < -0.3 is 89.3 Å². The van der Waals surface area contributed by atoms with Crippen LogP contribution in [-0.4, -0.2) is 258 Å². The average Bonchev–Trinajstić information content (AvgIpc) is 1.71. The molecule has 0 spiro atoms. The van der Waals surface area contributed by atoms with Gasteiger partial charge in [0.15, 0.2) is 0 Å². The minimum absolute atomic E-state index is 0. The van der Waals surface area contributed by atoms with E-state index in [2.05, 4.69) is 268 Å². The minimum Gasteiger partial charge on any atom is -2.00 e. The Bertz CT molecular complexity index is 3840. The Kier molecular flexibility index (Phi) is 62.9. The van der Waals surface area contributed by atoms with Crippen LogP contribution in [0, 0.1) is 136 Å². The van der Waals surface area contributed by atoms with Crippen LogP contribution in [0.5, 0.6) is 34.5 Å². The Morgan fingerprint density at radius 2 is 0.336 bits per heavy atom. The van der Waals surface area contributed by atoms with E-state index in [0.29, 0.717) is 78.9 Å². The van der Waals surface area contributed by atoms with Gasteiger partial charge >= 0.3 is 114 Å². The van der Waals surface area contributed by atoms with E-state index in [0.717, 1.165) is 323 Å². The van der Waals surface area contributed by atoms with Crippen molar-refractivity contribution in [1.82, 2.24) is 29.4 Å². The summed E-state index contributed by atoms with van der Waals surface area (Å²) >= 11 is 0. The van der Waals surface area contributed by atoms with Crippen molar-refractivity contribution in [2.24, 2.45) is 32.5 Å². The topological polar surface area (TPSA) is 299 Å². The van der Waals surface area contributed by atoms with Gasteiger partial charge in [0.1, 0.15) is 39.3 Å². The summed E-state index contributed by atoms with van der Waals surface area (Å²) in [7, 11) is 0. The second-order valence-corrected chi connectivity index (χ2v) is 47.9. The van der Waals surface area contributed by atoms with E-state index in [4.69, 9.17) is 37.9 Å². The molecule has 7 saturated heterocycles. The van der Waals surface area contributed by atoms with Gasteiger partial charge in [-0.15, -0.1) is 34.5 Å². The number of benzene rings is 6.